The lowest BCUT2D eigenvalue weighted by Gasteiger charge is -2.29. The van der Waals surface area contributed by atoms with Crippen molar-refractivity contribution in [3.8, 4) is 0 Å². The topological polar surface area (TPSA) is 71.7 Å². The summed E-state index contributed by atoms with van der Waals surface area (Å²) in [7, 11) is -3.59. The highest BCUT2D eigenvalue weighted by atomic mass is 32.2. The number of aromatic nitrogens is 1. The number of para-hydroxylation sites is 1. The Kier molecular flexibility index (Phi) is 6.41. The zero-order valence-corrected chi connectivity index (χ0v) is 19.3. The van der Waals surface area contributed by atoms with E-state index in [0.29, 0.717) is 34.4 Å². The minimum Gasteiger partial charge on any atom is -0.310 e. The van der Waals surface area contributed by atoms with Gasteiger partial charge < -0.3 is 4.57 Å². The number of carbonyl (C=O) groups excluding carboxylic acids is 1. The fraction of sp³-hybridized carbons (Fsp3) is 0.304. The number of hydrogen-bond donors (Lipinski definition) is 0. The SMILES string of the molecule is C=CCn1c(=NC(=O)C2CCN(S(=O)(=O)c3ccc(C)cc3)CC2)sc2cccc(F)c21. The van der Waals surface area contributed by atoms with E-state index in [9.17, 15) is 17.6 Å². The molecule has 0 radical (unpaired) electrons. The number of rotatable bonds is 5. The van der Waals surface area contributed by atoms with E-state index in [1.54, 1.807) is 47.0 Å². The number of hydrogen-bond acceptors (Lipinski definition) is 4. The number of allylic oxidation sites excluding steroid dienone is 1. The van der Waals surface area contributed by atoms with Gasteiger partial charge in [0.2, 0.25) is 10.0 Å². The predicted molar refractivity (Wildman–Crippen MR) is 123 cm³/mol. The molecule has 0 saturated carbocycles. The number of nitrogens with zero attached hydrogens (tertiary/aromatic N) is 3. The molecule has 0 atom stereocenters. The number of halogens is 1. The van der Waals surface area contributed by atoms with Gasteiger partial charge in [-0.1, -0.05) is 41.2 Å². The Morgan fingerprint density at radius 1 is 1.22 bits per heavy atom. The first kappa shape index (κ1) is 22.6. The summed E-state index contributed by atoms with van der Waals surface area (Å²) in [5.41, 5.74) is 1.40. The number of sulfonamides is 1. The molecule has 1 saturated heterocycles. The molecule has 0 spiro atoms. The number of benzene rings is 2. The molecule has 4 rings (SSSR count). The number of thiazole rings is 1. The summed E-state index contributed by atoms with van der Waals surface area (Å²) in [5.74, 6) is -1.04. The quantitative estimate of drug-likeness (QED) is 0.528. The summed E-state index contributed by atoms with van der Waals surface area (Å²) in [6.45, 7) is 6.47. The number of amides is 1. The van der Waals surface area contributed by atoms with Crippen molar-refractivity contribution in [3.05, 3.63) is 71.3 Å². The second-order valence-electron chi connectivity index (χ2n) is 7.81. The molecule has 1 amide bonds. The van der Waals surface area contributed by atoms with E-state index < -0.39 is 10.0 Å². The van der Waals surface area contributed by atoms with Gasteiger partial charge in [-0.3, -0.25) is 4.79 Å². The van der Waals surface area contributed by atoms with E-state index >= 15 is 0 Å². The molecule has 2 heterocycles. The molecule has 0 N–H and O–H groups in total. The summed E-state index contributed by atoms with van der Waals surface area (Å²) in [4.78, 5) is 17.9. The first-order valence-corrected chi connectivity index (χ1v) is 12.6. The summed E-state index contributed by atoms with van der Waals surface area (Å²) in [6.07, 6.45) is 2.43. The van der Waals surface area contributed by atoms with E-state index in [1.165, 1.54) is 21.7 Å². The number of carbonyl (C=O) groups is 1. The normalized spacial score (nSPS) is 16.5. The van der Waals surface area contributed by atoms with E-state index in [-0.39, 0.29) is 35.6 Å². The van der Waals surface area contributed by atoms with Crippen LogP contribution in [0.3, 0.4) is 0 Å². The zero-order valence-electron chi connectivity index (χ0n) is 17.7. The molecule has 1 fully saturated rings. The van der Waals surface area contributed by atoms with Crippen molar-refractivity contribution in [1.82, 2.24) is 8.87 Å². The molecule has 0 bridgehead atoms. The smallest absolute Gasteiger partial charge is 0.251 e. The van der Waals surface area contributed by atoms with Gasteiger partial charge >= 0.3 is 0 Å². The fourth-order valence-corrected chi connectivity index (χ4v) is 6.39. The van der Waals surface area contributed by atoms with E-state index in [2.05, 4.69) is 11.6 Å². The Balaban J connectivity index is 1.54. The van der Waals surface area contributed by atoms with Crippen LogP contribution in [0.25, 0.3) is 10.2 Å². The molecule has 168 valence electrons. The predicted octanol–water partition coefficient (Wildman–Crippen LogP) is 3.86. The summed E-state index contributed by atoms with van der Waals surface area (Å²) in [5, 5.41) is 0. The van der Waals surface area contributed by atoms with Crippen molar-refractivity contribution >= 4 is 37.5 Å². The Morgan fingerprint density at radius 3 is 2.56 bits per heavy atom. The van der Waals surface area contributed by atoms with Gasteiger partial charge in [-0.2, -0.15) is 9.30 Å². The second-order valence-corrected chi connectivity index (χ2v) is 10.8. The largest absolute Gasteiger partial charge is 0.310 e. The molecule has 0 aliphatic carbocycles. The summed E-state index contributed by atoms with van der Waals surface area (Å²) < 4.78 is 43.9. The maximum Gasteiger partial charge on any atom is 0.251 e. The van der Waals surface area contributed by atoms with E-state index in [1.807, 2.05) is 6.92 Å². The van der Waals surface area contributed by atoms with Crippen molar-refractivity contribution in [3.63, 3.8) is 0 Å². The van der Waals surface area contributed by atoms with Crippen molar-refractivity contribution in [1.29, 1.82) is 0 Å². The highest BCUT2D eigenvalue weighted by Gasteiger charge is 2.32. The van der Waals surface area contributed by atoms with Crippen LogP contribution >= 0.6 is 11.3 Å². The molecule has 32 heavy (non-hydrogen) atoms. The van der Waals surface area contributed by atoms with Crippen LogP contribution in [-0.2, 0) is 21.4 Å². The Labute approximate surface area is 190 Å². The van der Waals surface area contributed by atoms with Crippen molar-refractivity contribution in [2.75, 3.05) is 13.1 Å². The molecule has 6 nitrogen and oxygen atoms in total. The first-order chi connectivity index (χ1) is 15.3. The van der Waals surface area contributed by atoms with Crippen LogP contribution in [0.15, 0.2) is 65.0 Å². The number of aryl methyl sites for hydroxylation is 1. The van der Waals surface area contributed by atoms with Crippen LogP contribution < -0.4 is 4.80 Å². The summed E-state index contributed by atoms with van der Waals surface area (Å²) in [6, 6.07) is 11.6. The lowest BCUT2D eigenvalue weighted by molar-refractivity contribution is -0.122. The average molecular weight is 474 g/mol. The molecule has 3 aromatic rings. The Bertz CT molecular complexity index is 1330. The third kappa shape index (κ3) is 4.32. The van der Waals surface area contributed by atoms with Gasteiger partial charge in [0.25, 0.3) is 5.91 Å². The molecule has 9 heteroatoms. The maximum absolute atomic E-state index is 14.4. The molecular formula is C23H24FN3O3S2. The molecule has 2 aromatic carbocycles. The van der Waals surface area contributed by atoms with Crippen molar-refractivity contribution in [2.24, 2.45) is 10.9 Å². The second kappa shape index (κ2) is 9.09. The Morgan fingerprint density at radius 2 is 1.91 bits per heavy atom. The molecule has 1 aromatic heterocycles. The van der Waals surface area contributed by atoms with Crippen LogP contribution in [-0.4, -0.2) is 36.3 Å². The Hall–Kier alpha value is -2.62. The van der Waals surface area contributed by atoms with Crippen LogP contribution in [0.2, 0.25) is 0 Å². The zero-order chi connectivity index (χ0) is 22.9. The summed E-state index contributed by atoms with van der Waals surface area (Å²) >= 11 is 1.25. The van der Waals surface area contributed by atoms with Crippen molar-refractivity contribution < 1.29 is 17.6 Å². The number of fused-ring (bicyclic) bond motifs is 1. The van der Waals surface area contributed by atoms with Gasteiger partial charge in [-0.15, -0.1) is 6.58 Å². The molecule has 0 unspecified atom stereocenters. The molecule has 1 aliphatic rings. The van der Waals surface area contributed by atoms with Crippen LogP contribution in [0.1, 0.15) is 18.4 Å². The van der Waals surface area contributed by atoms with Gasteiger partial charge in [0.15, 0.2) is 4.80 Å². The van der Waals surface area contributed by atoms with Gasteiger partial charge in [0, 0.05) is 25.6 Å². The maximum atomic E-state index is 14.4. The lowest BCUT2D eigenvalue weighted by atomic mass is 9.98. The van der Waals surface area contributed by atoms with E-state index in [4.69, 9.17) is 0 Å². The standard InChI is InChI=1S/C23H24FN3O3S2/c1-3-13-27-21-19(24)5-4-6-20(21)31-23(27)25-22(28)17-11-14-26(15-12-17)32(29,30)18-9-7-16(2)8-10-18/h3-10,17H,1,11-15H2,2H3. The van der Waals surface area contributed by atoms with E-state index in [0.717, 1.165) is 5.56 Å². The molecule has 1 aliphatic heterocycles. The highest BCUT2D eigenvalue weighted by molar-refractivity contribution is 7.89. The number of piperidine rings is 1. The van der Waals surface area contributed by atoms with Crippen LogP contribution in [0, 0.1) is 18.7 Å². The van der Waals surface area contributed by atoms with Gasteiger partial charge in [-0.25, -0.2) is 12.8 Å². The third-order valence-corrected chi connectivity index (χ3v) is 8.59. The van der Waals surface area contributed by atoms with Gasteiger partial charge in [0.1, 0.15) is 5.82 Å². The monoisotopic (exact) mass is 473 g/mol. The van der Waals surface area contributed by atoms with Gasteiger partial charge in [-0.05, 0) is 44.0 Å². The highest BCUT2D eigenvalue weighted by Crippen LogP contribution is 2.25. The minimum absolute atomic E-state index is 0.260. The van der Waals surface area contributed by atoms with Crippen molar-refractivity contribution in [2.45, 2.75) is 31.2 Å². The van der Waals surface area contributed by atoms with Gasteiger partial charge in [0.05, 0.1) is 15.1 Å². The fourth-order valence-electron chi connectivity index (χ4n) is 3.86. The van der Waals surface area contributed by atoms with Crippen LogP contribution in [0.4, 0.5) is 4.39 Å². The molecular weight excluding hydrogens is 449 g/mol. The average Bonchev–Trinajstić information content (AvgIpc) is 3.12. The lowest BCUT2D eigenvalue weighted by Crippen LogP contribution is -2.40. The minimum atomic E-state index is -3.59. The van der Waals surface area contributed by atoms with Crippen LogP contribution in [0.5, 0.6) is 0 Å². The first-order valence-electron chi connectivity index (χ1n) is 10.4. The third-order valence-electron chi connectivity index (χ3n) is 5.63.